The quantitative estimate of drug-likeness (QED) is 0.483. The first kappa shape index (κ1) is 24.6. The van der Waals surface area contributed by atoms with Gasteiger partial charge >= 0.3 is 6.16 Å². The highest BCUT2D eigenvalue weighted by Crippen LogP contribution is 2.46. The summed E-state index contributed by atoms with van der Waals surface area (Å²) in [6.07, 6.45) is 1.87. The second-order valence-electron chi connectivity index (χ2n) is 8.61. The molecule has 0 bridgehead atoms. The van der Waals surface area contributed by atoms with E-state index in [1.807, 2.05) is 50.2 Å². The summed E-state index contributed by atoms with van der Waals surface area (Å²) in [5.74, 6) is -0.0610. The van der Waals surface area contributed by atoms with Crippen LogP contribution in [0.1, 0.15) is 43.7 Å². The molecule has 0 saturated heterocycles. The summed E-state index contributed by atoms with van der Waals surface area (Å²) in [4.78, 5) is 25.5. The van der Waals surface area contributed by atoms with Gasteiger partial charge in [-0.25, -0.2) is 4.79 Å². The average Bonchev–Trinajstić information content (AvgIpc) is 3.07. The minimum Gasteiger partial charge on any atom is -0.437 e. The van der Waals surface area contributed by atoms with Crippen molar-refractivity contribution in [3.05, 3.63) is 63.3 Å². The van der Waals surface area contributed by atoms with Gasteiger partial charge in [-0.2, -0.15) is 0 Å². The van der Waals surface area contributed by atoms with E-state index in [1.54, 1.807) is 0 Å². The summed E-state index contributed by atoms with van der Waals surface area (Å²) in [6.45, 7) is 4.54. The number of ether oxygens (including phenoxy) is 3. The molecule has 2 aromatic rings. The van der Waals surface area contributed by atoms with Gasteiger partial charge < -0.3 is 19.5 Å². The van der Waals surface area contributed by atoms with E-state index in [0.29, 0.717) is 35.1 Å². The lowest BCUT2D eigenvalue weighted by Crippen LogP contribution is -2.49. The number of carbonyl (C=O) groups is 2. The average molecular weight is 504 g/mol. The number of carbonyl (C=O) groups excluding carboxylic acids is 2. The zero-order valence-electron chi connectivity index (χ0n) is 19.4. The lowest BCUT2D eigenvalue weighted by atomic mass is 9.79. The highest BCUT2D eigenvalue weighted by atomic mass is 35.5. The molecule has 0 unspecified atom stereocenters. The maximum Gasteiger partial charge on any atom is 0.513 e. The van der Waals surface area contributed by atoms with Crippen LogP contribution < -0.4 is 5.32 Å². The fourth-order valence-electron chi connectivity index (χ4n) is 4.85. The highest BCUT2D eigenvalue weighted by Gasteiger charge is 2.50. The Hall–Kier alpha value is -2.54. The third kappa shape index (κ3) is 4.67. The van der Waals surface area contributed by atoms with Crippen LogP contribution >= 0.6 is 23.2 Å². The topological polar surface area (TPSA) is 73.9 Å². The summed E-state index contributed by atoms with van der Waals surface area (Å²) in [5.41, 5.74) is 2.76. The van der Waals surface area contributed by atoms with E-state index < -0.39 is 11.7 Å². The van der Waals surface area contributed by atoms with Gasteiger partial charge in [0.1, 0.15) is 0 Å². The molecule has 2 aromatic carbocycles. The smallest absolute Gasteiger partial charge is 0.437 e. The maximum absolute atomic E-state index is 13.3. The Bertz CT molecular complexity index is 1130. The number of hydrogen-bond acceptors (Lipinski definition) is 5. The molecule has 0 radical (unpaired) electrons. The molecule has 1 fully saturated rings. The Morgan fingerprint density at radius 3 is 2.41 bits per heavy atom. The Balaban J connectivity index is 1.79. The molecule has 1 amide bonds. The van der Waals surface area contributed by atoms with Crippen LogP contribution in [0.15, 0.2) is 42.2 Å². The SMILES string of the molecule is CCOC1CCC2(CC1)NC(=O)C(c1cc(C)c(-c3ccc(Cl)cc3)cc1Cl)=C2OC(=O)OC. The van der Waals surface area contributed by atoms with Crippen LogP contribution in [0.4, 0.5) is 4.79 Å². The molecule has 180 valence electrons. The van der Waals surface area contributed by atoms with E-state index in [0.717, 1.165) is 29.5 Å². The predicted octanol–water partition coefficient (Wildman–Crippen LogP) is 6.31. The molecule has 1 aliphatic heterocycles. The van der Waals surface area contributed by atoms with Crippen LogP contribution in [0.25, 0.3) is 16.7 Å². The molecule has 1 aliphatic carbocycles. The van der Waals surface area contributed by atoms with Gasteiger partial charge in [-0.1, -0.05) is 35.3 Å². The largest absolute Gasteiger partial charge is 0.513 e. The Morgan fingerprint density at radius 2 is 1.79 bits per heavy atom. The van der Waals surface area contributed by atoms with Crippen LogP contribution in [0.3, 0.4) is 0 Å². The minimum absolute atomic E-state index is 0.112. The molecule has 1 saturated carbocycles. The van der Waals surface area contributed by atoms with Crippen LogP contribution in [0.5, 0.6) is 0 Å². The van der Waals surface area contributed by atoms with Gasteiger partial charge in [0.2, 0.25) is 0 Å². The maximum atomic E-state index is 13.3. The fourth-order valence-corrected chi connectivity index (χ4v) is 5.23. The van der Waals surface area contributed by atoms with Crippen molar-refractivity contribution in [2.75, 3.05) is 13.7 Å². The number of benzene rings is 2. The highest BCUT2D eigenvalue weighted by molar-refractivity contribution is 6.36. The van der Waals surface area contributed by atoms with E-state index in [1.165, 1.54) is 7.11 Å². The Morgan fingerprint density at radius 1 is 1.12 bits per heavy atom. The molecule has 0 aromatic heterocycles. The molecule has 2 aliphatic rings. The van der Waals surface area contributed by atoms with Gasteiger partial charge in [0.05, 0.1) is 24.3 Å². The van der Waals surface area contributed by atoms with Gasteiger partial charge in [0.25, 0.3) is 5.91 Å². The van der Waals surface area contributed by atoms with E-state index in [-0.39, 0.29) is 23.3 Å². The van der Waals surface area contributed by atoms with Crippen LogP contribution in [0.2, 0.25) is 10.0 Å². The van der Waals surface area contributed by atoms with Crippen LogP contribution in [-0.4, -0.2) is 37.4 Å². The molecule has 1 spiro atoms. The van der Waals surface area contributed by atoms with E-state index in [9.17, 15) is 9.59 Å². The van der Waals surface area contributed by atoms with Crippen molar-refractivity contribution >= 4 is 40.8 Å². The fraction of sp³-hybridized carbons (Fsp3) is 0.385. The molecule has 6 nitrogen and oxygen atoms in total. The zero-order valence-corrected chi connectivity index (χ0v) is 20.9. The van der Waals surface area contributed by atoms with E-state index >= 15 is 0 Å². The standard InChI is InChI=1S/C26H27Cl2NO5/c1-4-33-18-9-11-26(12-10-18)23(34-25(31)32-3)22(24(30)29-26)20-13-15(2)19(14-21(20)28)16-5-7-17(27)8-6-16/h5-8,13-14,18H,4,9-12H2,1-3H3,(H,29,30). The van der Waals surface area contributed by atoms with Gasteiger partial charge in [-0.05, 0) is 80.5 Å². The number of halogens is 2. The monoisotopic (exact) mass is 503 g/mol. The van der Waals surface area contributed by atoms with Crippen molar-refractivity contribution in [1.82, 2.24) is 5.32 Å². The second-order valence-corrected chi connectivity index (χ2v) is 9.45. The summed E-state index contributed by atoms with van der Waals surface area (Å²) in [7, 11) is 1.24. The summed E-state index contributed by atoms with van der Waals surface area (Å²) in [6, 6.07) is 11.1. The first-order valence-corrected chi connectivity index (χ1v) is 12.0. The second kappa shape index (κ2) is 9.98. The molecule has 1 N–H and O–H groups in total. The lowest BCUT2D eigenvalue weighted by Gasteiger charge is -2.37. The molecule has 34 heavy (non-hydrogen) atoms. The Kier molecular flexibility index (Phi) is 7.22. The minimum atomic E-state index is -0.874. The molecular formula is C26H27Cl2NO5. The van der Waals surface area contributed by atoms with Crippen molar-refractivity contribution in [3.8, 4) is 11.1 Å². The number of rotatable bonds is 5. The van der Waals surface area contributed by atoms with Crippen molar-refractivity contribution in [3.63, 3.8) is 0 Å². The molecule has 0 atom stereocenters. The zero-order chi connectivity index (χ0) is 24.5. The number of nitrogens with one attached hydrogen (secondary N) is 1. The van der Waals surface area contributed by atoms with Crippen molar-refractivity contribution in [2.24, 2.45) is 0 Å². The van der Waals surface area contributed by atoms with E-state index in [4.69, 9.17) is 37.4 Å². The summed E-state index contributed by atoms with van der Waals surface area (Å²) >= 11 is 12.8. The summed E-state index contributed by atoms with van der Waals surface area (Å²) < 4.78 is 16.2. The molecule has 1 heterocycles. The normalized spacial score (nSPS) is 22.1. The van der Waals surface area contributed by atoms with Gasteiger partial charge in [0.15, 0.2) is 5.76 Å². The predicted molar refractivity (Wildman–Crippen MR) is 132 cm³/mol. The van der Waals surface area contributed by atoms with Crippen molar-refractivity contribution in [1.29, 1.82) is 0 Å². The lowest BCUT2D eigenvalue weighted by molar-refractivity contribution is -0.116. The van der Waals surface area contributed by atoms with Crippen LogP contribution in [0, 0.1) is 6.92 Å². The molecular weight excluding hydrogens is 477 g/mol. The number of amides is 1. The molecule has 8 heteroatoms. The van der Waals surface area contributed by atoms with Gasteiger partial charge in [0, 0.05) is 22.2 Å². The third-order valence-corrected chi connectivity index (χ3v) is 7.09. The van der Waals surface area contributed by atoms with Crippen molar-refractivity contribution < 1.29 is 23.8 Å². The summed E-state index contributed by atoms with van der Waals surface area (Å²) in [5, 5.41) is 4.11. The van der Waals surface area contributed by atoms with Crippen LogP contribution in [-0.2, 0) is 19.0 Å². The van der Waals surface area contributed by atoms with Gasteiger partial charge in [-0.15, -0.1) is 0 Å². The first-order chi connectivity index (χ1) is 16.3. The third-order valence-electron chi connectivity index (χ3n) is 6.52. The number of aryl methyl sites for hydroxylation is 1. The first-order valence-electron chi connectivity index (χ1n) is 11.3. The number of methoxy groups -OCH3 is 1. The van der Waals surface area contributed by atoms with Gasteiger partial charge in [-0.3, -0.25) is 4.79 Å². The molecule has 4 rings (SSSR count). The van der Waals surface area contributed by atoms with E-state index in [2.05, 4.69) is 5.32 Å². The number of hydrogen-bond donors (Lipinski definition) is 1. The Labute approximate surface area is 209 Å². The van der Waals surface area contributed by atoms with Crippen molar-refractivity contribution in [2.45, 2.75) is 51.2 Å².